The monoisotopic (exact) mass is 378 g/mol. The molecular formula is C18H19ClN2O3S. The normalized spacial score (nSPS) is 11.5. The first-order valence-electron chi connectivity index (χ1n) is 7.60. The fourth-order valence-corrected chi connectivity index (χ4v) is 2.73. The van der Waals surface area contributed by atoms with Crippen molar-refractivity contribution >= 4 is 46.6 Å². The van der Waals surface area contributed by atoms with Gasteiger partial charge in [0.05, 0.1) is 18.1 Å². The molecule has 0 saturated heterocycles. The van der Waals surface area contributed by atoms with E-state index in [2.05, 4.69) is 10.6 Å². The molecule has 2 N–H and O–H groups in total. The first kappa shape index (κ1) is 19.1. The van der Waals surface area contributed by atoms with Crippen molar-refractivity contribution in [2.24, 2.45) is 0 Å². The summed E-state index contributed by atoms with van der Waals surface area (Å²) in [6.45, 7) is 1.76. The Kier molecular flexibility index (Phi) is 7.16. The second kappa shape index (κ2) is 9.34. The van der Waals surface area contributed by atoms with E-state index in [0.29, 0.717) is 16.4 Å². The lowest BCUT2D eigenvalue weighted by Crippen LogP contribution is -2.25. The number of ether oxygens (including phenoxy) is 1. The molecule has 25 heavy (non-hydrogen) atoms. The molecule has 0 aliphatic carbocycles. The Hall–Kier alpha value is -2.18. The molecule has 2 rings (SSSR count). The first-order valence-corrected chi connectivity index (χ1v) is 9.02. The molecule has 5 nitrogen and oxygen atoms in total. The molecule has 2 aromatic carbocycles. The summed E-state index contributed by atoms with van der Waals surface area (Å²) in [4.78, 5) is 24.1. The minimum atomic E-state index is -0.364. The van der Waals surface area contributed by atoms with Crippen LogP contribution in [0.4, 0.5) is 11.4 Å². The zero-order chi connectivity index (χ0) is 18.2. The van der Waals surface area contributed by atoms with Gasteiger partial charge in [-0.05, 0) is 55.5 Å². The maximum Gasteiger partial charge on any atom is 0.237 e. The van der Waals surface area contributed by atoms with Crippen molar-refractivity contribution in [3.05, 3.63) is 53.6 Å². The van der Waals surface area contributed by atoms with Gasteiger partial charge in [0.2, 0.25) is 11.8 Å². The molecule has 0 unspecified atom stereocenters. The van der Waals surface area contributed by atoms with E-state index in [1.807, 2.05) is 0 Å². The summed E-state index contributed by atoms with van der Waals surface area (Å²) < 4.78 is 5.07. The van der Waals surface area contributed by atoms with Crippen LogP contribution in [0.3, 0.4) is 0 Å². The van der Waals surface area contributed by atoms with Crippen molar-refractivity contribution in [2.45, 2.75) is 12.2 Å². The molecule has 132 valence electrons. The van der Waals surface area contributed by atoms with Crippen LogP contribution in [0.5, 0.6) is 5.75 Å². The summed E-state index contributed by atoms with van der Waals surface area (Å²) in [6.07, 6.45) is 0. The number of carbonyl (C=O) groups excluding carboxylic acids is 2. The van der Waals surface area contributed by atoms with Gasteiger partial charge in [-0.3, -0.25) is 9.59 Å². The Labute approximate surface area is 156 Å². The number of thioether (sulfide) groups is 1. The fourth-order valence-electron chi connectivity index (χ4n) is 1.92. The average molecular weight is 379 g/mol. The number of benzene rings is 2. The molecule has 0 aromatic heterocycles. The van der Waals surface area contributed by atoms with Crippen LogP contribution in [0.1, 0.15) is 6.92 Å². The zero-order valence-corrected chi connectivity index (χ0v) is 15.5. The van der Waals surface area contributed by atoms with E-state index in [1.54, 1.807) is 62.6 Å². The molecule has 2 aromatic rings. The van der Waals surface area contributed by atoms with Gasteiger partial charge in [0.1, 0.15) is 5.75 Å². The Morgan fingerprint density at radius 2 is 1.60 bits per heavy atom. The summed E-state index contributed by atoms with van der Waals surface area (Å²) in [5.74, 6) is 0.576. The van der Waals surface area contributed by atoms with Crippen LogP contribution in [0, 0.1) is 0 Å². The molecular weight excluding hydrogens is 360 g/mol. The average Bonchev–Trinajstić information content (AvgIpc) is 2.62. The number of halogens is 1. The Bertz CT molecular complexity index is 720. The highest BCUT2D eigenvalue weighted by molar-refractivity contribution is 8.01. The van der Waals surface area contributed by atoms with E-state index < -0.39 is 0 Å². The fraction of sp³-hybridized carbons (Fsp3) is 0.222. The first-order chi connectivity index (χ1) is 12.0. The largest absolute Gasteiger partial charge is 0.497 e. The second-order valence-corrected chi connectivity index (χ2v) is 6.99. The zero-order valence-electron chi connectivity index (χ0n) is 13.9. The van der Waals surface area contributed by atoms with Crippen LogP contribution in [0.15, 0.2) is 48.5 Å². The number of methoxy groups -OCH3 is 1. The van der Waals surface area contributed by atoms with Crippen molar-refractivity contribution in [2.75, 3.05) is 23.5 Å². The van der Waals surface area contributed by atoms with E-state index in [9.17, 15) is 9.59 Å². The van der Waals surface area contributed by atoms with Crippen LogP contribution in [-0.2, 0) is 9.59 Å². The molecule has 0 radical (unpaired) electrons. The Morgan fingerprint density at radius 3 is 2.20 bits per heavy atom. The molecule has 0 heterocycles. The summed E-state index contributed by atoms with van der Waals surface area (Å²) in [6, 6.07) is 13.9. The molecule has 2 amide bonds. The van der Waals surface area contributed by atoms with Crippen LogP contribution < -0.4 is 15.4 Å². The predicted octanol–water partition coefficient (Wildman–Crippen LogP) is 4.05. The lowest BCUT2D eigenvalue weighted by molar-refractivity contribution is -0.115. The lowest BCUT2D eigenvalue weighted by Gasteiger charge is -2.12. The number of amides is 2. The van der Waals surface area contributed by atoms with Crippen LogP contribution in [-0.4, -0.2) is 29.9 Å². The Morgan fingerprint density at radius 1 is 1.04 bits per heavy atom. The van der Waals surface area contributed by atoms with Gasteiger partial charge in [-0.2, -0.15) is 0 Å². The van der Waals surface area contributed by atoms with Gasteiger partial charge >= 0.3 is 0 Å². The van der Waals surface area contributed by atoms with Crippen molar-refractivity contribution in [3.63, 3.8) is 0 Å². The highest BCUT2D eigenvalue weighted by atomic mass is 35.5. The quantitative estimate of drug-likeness (QED) is 0.762. The maximum absolute atomic E-state index is 12.1. The molecule has 0 spiro atoms. The van der Waals surface area contributed by atoms with Crippen LogP contribution in [0.2, 0.25) is 5.02 Å². The second-order valence-electron chi connectivity index (χ2n) is 5.23. The minimum absolute atomic E-state index is 0.162. The number of carbonyl (C=O) groups is 2. The van der Waals surface area contributed by atoms with Crippen molar-refractivity contribution in [3.8, 4) is 5.75 Å². The highest BCUT2D eigenvalue weighted by Gasteiger charge is 2.15. The van der Waals surface area contributed by atoms with E-state index in [-0.39, 0.29) is 22.8 Å². The lowest BCUT2D eigenvalue weighted by atomic mass is 10.3. The third kappa shape index (κ3) is 6.32. The van der Waals surface area contributed by atoms with E-state index in [1.165, 1.54) is 11.8 Å². The highest BCUT2D eigenvalue weighted by Crippen LogP contribution is 2.18. The SMILES string of the molecule is COc1ccc(NC(=O)CS[C@H](C)C(=O)Nc2ccc(Cl)cc2)cc1. The van der Waals surface area contributed by atoms with Gasteiger partial charge in [0.15, 0.2) is 0 Å². The minimum Gasteiger partial charge on any atom is -0.497 e. The molecule has 0 aliphatic rings. The smallest absolute Gasteiger partial charge is 0.237 e. The number of hydrogen-bond donors (Lipinski definition) is 2. The maximum atomic E-state index is 12.1. The van der Waals surface area contributed by atoms with Gasteiger partial charge in [-0.15, -0.1) is 11.8 Å². The van der Waals surface area contributed by atoms with Crippen LogP contribution in [0.25, 0.3) is 0 Å². The number of anilines is 2. The van der Waals surface area contributed by atoms with E-state index >= 15 is 0 Å². The molecule has 0 fully saturated rings. The summed E-state index contributed by atoms with van der Waals surface area (Å²) >= 11 is 7.08. The number of rotatable bonds is 7. The Balaban J connectivity index is 1.77. The van der Waals surface area contributed by atoms with Crippen molar-refractivity contribution in [1.82, 2.24) is 0 Å². The molecule has 1 atom stereocenters. The molecule has 7 heteroatoms. The summed E-state index contributed by atoms with van der Waals surface area (Å²) in [5.41, 5.74) is 1.36. The predicted molar refractivity (Wildman–Crippen MR) is 104 cm³/mol. The molecule has 0 bridgehead atoms. The summed E-state index contributed by atoms with van der Waals surface area (Å²) in [7, 11) is 1.58. The van der Waals surface area contributed by atoms with Gasteiger partial charge in [-0.25, -0.2) is 0 Å². The van der Waals surface area contributed by atoms with Gasteiger partial charge in [0, 0.05) is 16.4 Å². The number of nitrogens with one attached hydrogen (secondary N) is 2. The summed E-state index contributed by atoms with van der Waals surface area (Å²) in [5, 5.41) is 5.82. The standard InChI is InChI=1S/C18H19ClN2O3S/c1-12(18(23)21-15-5-3-13(19)4-6-15)25-11-17(22)20-14-7-9-16(24-2)10-8-14/h3-10,12H,11H2,1-2H3,(H,20,22)(H,21,23)/t12-/m1/s1. The van der Waals surface area contributed by atoms with Crippen molar-refractivity contribution < 1.29 is 14.3 Å². The van der Waals surface area contributed by atoms with E-state index in [0.717, 1.165) is 5.75 Å². The van der Waals surface area contributed by atoms with Crippen LogP contribution >= 0.6 is 23.4 Å². The van der Waals surface area contributed by atoms with Gasteiger partial charge in [-0.1, -0.05) is 11.6 Å². The third-order valence-corrected chi connectivity index (χ3v) is 4.71. The van der Waals surface area contributed by atoms with Crippen molar-refractivity contribution in [1.29, 1.82) is 0 Å². The number of hydrogen-bond acceptors (Lipinski definition) is 4. The topological polar surface area (TPSA) is 67.4 Å². The molecule has 0 aliphatic heterocycles. The third-order valence-electron chi connectivity index (χ3n) is 3.32. The van der Waals surface area contributed by atoms with Gasteiger partial charge < -0.3 is 15.4 Å². The van der Waals surface area contributed by atoms with Gasteiger partial charge in [0.25, 0.3) is 0 Å². The van der Waals surface area contributed by atoms with E-state index in [4.69, 9.17) is 16.3 Å². The molecule has 0 saturated carbocycles.